The van der Waals surface area contributed by atoms with Crippen LogP contribution in [0.1, 0.15) is 24.5 Å². The number of nitrogens with one attached hydrogen (secondary N) is 3. The molecule has 21 heavy (non-hydrogen) atoms. The summed E-state index contributed by atoms with van der Waals surface area (Å²) >= 11 is 0. The van der Waals surface area contributed by atoms with Crippen molar-refractivity contribution in [1.29, 1.82) is 0 Å². The fourth-order valence-corrected chi connectivity index (χ4v) is 3.17. The molecule has 1 aliphatic carbocycles. The SMILES string of the molecule is CC(=O)Nc1ccc2[nH]c3c(c2c1)CCCc1cn[nH]c1-3. The Morgan fingerprint density at radius 2 is 2.19 bits per heavy atom. The lowest BCUT2D eigenvalue weighted by atomic mass is 10.1. The molecule has 5 heteroatoms. The van der Waals surface area contributed by atoms with Gasteiger partial charge in [0.05, 0.1) is 17.6 Å². The van der Waals surface area contributed by atoms with Gasteiger partial charge in [0.15, 0.2) is 0 Å². The Labute approximate surface area is 121 Å². The van der Waals surface area contributed by atoms with Crippen LogP contribution in [-0.2, 0) is 17.6 Å². The molecule has 3 aromatic rings. The van der Waals surface area contributed by atoms with Crippen molar-refractivity contribution in [2.45, 2.75) is 26.2 Å². The molecule has 0 bridgehead atoms. The van der Waals surface area contributed by atoms with Gasteiger partial charge in [0.25, 0.3) is 0 Å². The van der Waals surface area contributed by atoms with E-state index in [4.69, 9.17) is 0 Å². The summed E-state index contributed by atoms with van der Waals surface area (Å²) in [5.74, 6) is -0.0492. The Balaban J connectivity index is 1.92. The molecule has 5 nitrogen and oxygen atoms in total. The summed E-state index contributed by atoms with van der Waals surface area (Å²) in [4.78, 5) is 14.7. The molecule has 1 aromatic carbocycles. The van der Waals surface area contributed by atoms with Crippen molar-refractivity contribution in [2.75, 3.05) is 5.32 Å². The molecule has 0 aliphatic heterocycles. The zero-order valence-electron chi connectivity index (χ0n) is 11.8. The number of aryl methyl sites for hydroxylation is 2. The van der Waals surface area contributed by atoms with Gasteiger partial charge in [-0.2, -0.15) is 5.10 Å². The molecule has 1 aliphatic rings. The largest absolute Gasteiger partial charge is 0.353 e. The lowest BCUT2D eigenvalue weighted by Crippen LogP contribution is -2.05. The Morgan fingerprint density at radius 1 is 1.29 bits per heavy atom. The summed E-state index contributed by atoms with van der Waals surface area (Å²) in [7, 11) is 0. The predicted molar refractivity (Wildman–Crippen MR) is 82.2 cm³/mol. The van der Waals surface area contributed by atoms with Crippen LogP contribution in [-0.4, -0.2) is 21.1 Å². The quantitative estimate of drug-likeness (QED) is 0.641. The van der Waals surface area contributed by atoms with Gasteiger partial charge in [-0.15, -0.1) is 0 Å². The molecule has 0 saturated carbocycles. The molecule has 0 saturated heterocycles. The van der Waals surface area contributed by atoms with Gasteiger partial charge in [-0.1, -0.05) is 0 Å². The number of carbonyl (C=O) groups excluding carboxylic acids is 1. The van der Waals surface area contributed by atoms with Gasteiger partial charge in [-0.25, -0.2) is 0 Å². The van der Waals surface area contributed by atoms with Gasteiger partial charge in [0.1, 0.15) is 0 Å². The highest BCUT2D eigenvalue weighted by Gasteiger charge is 2.20. The smallest absolute Gasteiger partial charge is 0.221 e. The second-order valence-corrected chi connectivity index (χ2v) is 5.54. The van der Waals surface area contributed by atoms with Crippen LogP contribution in [0.2, 0.25) is 0 Å². The highest BCUT2D eigenvalue weighted by Crippen LogP contribution is 2.36. The van der Waals surface area contributed by atoms with Crippen molar-refractivity contribution < 1.29 is 4.79 Å². The van der Waals surface area contributed by atoms with Gasteiger partial charge in [-0.05, 0) is 48.6 Å². The number of nitrogens with zero attached hydrogens (tertiary/aromatic N) is 1. The highest BCUT2D eigenvalue weighted by molar-refractivity contribution is 5.96. The summed E-state index contributed by atoms with van der Waals surface area (Å²) < 4.78 is 0. The average molecular weight is 280 g/mol. The lowest BCUT2D eigenvalue weighted by Gasteiger charge is -2.03. The first-order valence-electron chi connectivity index (χ1n) is 7.17. The third-order valence-corrected chi connectivity index (χ3v) is 4.07. The minimum Gasteiger partial charge on any atom is -0.353 e. The Hall–Kier alpha value is -2.56. The van der Waals surface area contributed by atoms with Crippen LogP contribution in [0.5, 0.6) is 0 Å². The van der Waals surface area contributed by atoms with E-state index in [0.717, 1.165) is 41.9 Å². The lowest BCUT2D eigenvalue weighted by molar-refractivity contribution is -0.114. The second kappa shape index (κ2) is 4.48. The van der Waals surface area contributed by atoms with Crippen molar-refractivity contribution >= 4 is 22.5 Å². The molecule has 0 unspecified atom stereocenters. The standard InChI is InChI=1S/C16H16N4O/c1-9(21)18-11-5-6-14-13(7-11)12-4-2-3-10-8-17-20-15(10)16(12)19-14/h5-8,19H,2-4H2,1H3,(H,17,20)(H,18,21). The van der Waals surface area contributed by atoms with Crippen molar-refractivity contribution in [3.8, 4) is 11.4 Å². The van der Waals surface area contributed by atoms with E-state index in [9.17, 15) is 4.79 Å². The van der Waals surface area contributed by atoms with Crippen LogP contribution in [0, 0.1) is 0 Å². The van der Waals surface area contributed by atoms with E-state index >= 15 is 0 Å². The number of rotatable bonds is 1. The van der Waals surface area contributed by atoms with Crippen LogP contribution in [0.15, 0.2) is 24.4 Å². The van der Waals surface area contributed by atoms with E-state index in [2.05, 4.69) is 20.5 Å². The number of H-pyrrole nitrogens is 2. The van der Waals surface area contributed by atoms with Gasteiger partial charge in [0, 0.05) is 23.5 Å². The molecule has 0 radical (unpaired) electrons. The molecule has 3 N–H and O–H groups in total. The summed E-state index contributed by atoms with van der Waals surface area (Å²) in [5.41, 5.74) is 6.74. The minimum atomic E-state index is -0.0492. The maximum absolute atomic E-state index is 11.2. The Kier molecular flexibility index (Phi) is 2.60. The number of carbonyl (C=O) groups is 1. The van der Waals surface area contributed by atoms with Gasteiger partial charge in [0.2, 0.25) is 5.91 Å². The number of amides is 1. The summed E-state index contributed by atoms with van der Waals surface area (Å²) in [5, 5.41) is 11.3. The Bertz CT molecular complexity index is 843. The zero-order chi connectivity index (χ0) is 14.4. The molecular formula is C16H16N4O. The van der Waals surface area contributed by atoms with Gasteiger partial charge < -0.3 is 10.3 Å². The van der Waals surface area contributed by atoms with Crippen molar-refractivity contribution in [3.05, 3.63) is 35.5 Å². The fraction of sp³-hybridized carbons (Fsp3) is 0.250. The van der Waals surface area contributed by atoms with Crippen LogP contribution >= 0.6 is 0 Å². The van der Waals surface area contributed by atoms with Crippen LogP contribution in [0.3, 0.4) is 0 Å². The number of benzene rings is 1. The second-order valence-electron chi connectivity index (χ2n) is 5.54. The summed E-state index contributed by atoms with van der Waals surface area (Å²) in [6, 6.07) is 5.99. The zero-order valence-corrected chi connectivity index (χ0v) is 11.8. The summed E-state index contributed by atoms with van der Waals surface area (Å²) in [6.45, 7) is 1.53. The number of hydrogen-bond donors (Lipinski definition) is 3. The maximum Gasteiger partial charge on any atom is 0.221 e. The third kappa shape index (κ3) is 1.93. The first-order valence-corrected chi connectivity index (χ1v) is 7.17. The molecule has 106 valence electrons. The van der Waals surface area contributed by atoms with Crippen LogP contribution in [0.4, 0.5) is 5.69 Å². The van der Waals surface area contributed by atoms with E-state index in [0.29, 0.717) is 0 Å². The highest BCUT2D eigenvalue weighted by atomic mass is 16.1. The first kappa shape index (κ1) is 12.2. The van der Waals surface area contributed by atoms with E-state index in [1.165, 1.54) is 23.4 Å². The average Bonchev–Trinajstić information content (AvgIpc) is 3.00. The first-order chi connectivity index (χ1) is 10.2. The number of hydrogen-bond acceptors (Lipinski definition) is 2. The van der Waals surface area contributed by atoms with Gasteiger partial charge >= 0.3 is 0 Å². The monoisotopic (exact) mass is 280 g/mol. The third-order valence-electron chi connectivity index (χ3n) is 4.07. The molecular weight excluding hydrogens is 264 g/mol. The van der Waals surface area contributed by atoms with Gasteiger partial charge in [-0.3, -0.25) is 9.89 Å². The van der Waals surface area contributed by atoms with E-state index in [1.54, 1.807) is 0 Å². The van der Waals surface area contributed by atoms with Crippen molar-refractivity contribution in [3.63, 3.8) is 0 Å². The predicted octanol–water partition coefficient (Wildman–Crippen LogP) is 3.01. The number of anilines is 1. The molecule has 2 aromatic heterocycles. The van der Waals surface area contributed by atoms with Crippen molar-refractivity contribution in [2.24, 2.45) is 0 Å². The minimum absolute atomic E-state index is 0.0492. The number of aromatic nitrogens is 3. The number of fused-ring (bicyclic) bond motifs is 5. The molecule has 0 fully saturated rings. The van der Waals surface area contributed by atoms with E-state index in [1.807, 2.05) is 24.4 Å². The molecule has 4 rings (SSSR count). The Morgan fingerprint density at radius 3 is 3.05 bits per heavy atom. The van der Waals surface area contributed by atoms with E-state index < -0.39 is 0 Å². The van der Waals surface area contributed by atoms with Crippen LogP contribution in [0.25, 0.3) is 22.3 Å². The topological polar surface area (TPSA) is 73.6 Å². The van der Waals surface area contributed by atoms with Crippen LogP contribution < -0.4 is 5.32 Å². The number of aromatic amines is 2. The fourth-order valence-electron chi connectivity index (χ4n) is 3.17. The molecule has 0 atom stereocenters. The van der Waals surface area contributed by atoms with Crippen molar-refractivity contribution in [1.82, 2.24) is 15.2 Å². The molecule has 0 spiro atoms. The summed E-state index contributed by atoms with van der Waals surface area (Å²) in [6.07, 6.45) is 5.10. The van der Waals surface area contributed by atoms with E-state index in [-0.39, 0.29) is 5.91 Å². The normalized spacial score (nSPS) is 13.6. The molecule has 2 heterocycles. The maximum atomic E-state index is 11.2. The molecule has 1 amide bonds.